The molecule has 0 unspecified atom stereocenters. The zero-order valence-electron chi connectivity index (χ0n) is 21.5. The van der Waals surface area contributed by atoms with Gasteiger partial charge in [-0.15, -0.1) is 0 Å². The van der Waals surface area contributed by atoms with Crippen LogP contribution in [0.1, 0.15) is 43.8 Å². The first kappa shape index (κ1) is 28.9. The van der Waals surface area contributed by atoms with Crippen molar-refractivity contribution in [3.63, 3.8) is 0 Å². The molecule has 0 bridgehead atoms. The number of fused-ring (bicyclic) bond motifs is 1. The molecule has 2 heterocycles. The SMILES string of the molecule is COc1ccc2ncc(Cl)c([C@@H](O)CCC3(CC(=O)O)CCN(CCNc4cc(F)c(F)c(F)c4)CC3)c2c1. The van der Waals surface area contributed by atoms with Crippen LogP contribution in [-0.4, -0.2) is 59.4 Å². The molecule has 7 nitrogen and oxygen atoms in total. The Morgan fingerprint density at radius 2 is 1.90 bits per heavy atom. The van der Waals surface area contributed by atoms with E-state index in [1.165, 1.54) is 6.20 Å². The molecule has 1 aromatic heterocycles. The van der Waals surface area contributed by atoms with Gasteiger partial charge in [0.15, 0.2) is 17.5 Å². The first-order valence-electron chi connectivity index (χ1n) is 12.7. The Kier molecular flexibility index (Phi) is 9.19. The van der Waals surface area contributed by atoms with Crippen molar-refractivity contribution < 1.29 is 32.9 Å². The zero-order valence-corrected chi connectivity index (χ0v) is 22.3. The van der Waals surface area contributed by atoms with Gasteiger partial charge in [0.25, 0.3) is 0 Å². The standard InChI is InChI=1S/C28H31ClF3N3O4/c1-39-18-2-3-23-19(14-18)26(20(29)16-34-23)24(36)4-5-28(15-25(37)38)6-9-35(10-7-28)11-8-33-17-12-21(30)27(32)22(31)13-17/h2-3,12-14,16,24,33,36H,4-11,15H2,1H3,(H,37,38)/t24-/m0/s1. The van der Waals surface area contributed by atoms with E-state index < -0.39 is 34.9 Å². The minimum Gasteiger partial charge on any atom is -0.497 e. The van der Waals surface area contributed by atoms with Crippen LogP contribution in [0.5, 0.6) is 5.75 Å². The van der Waals surface area contributed by atoms with Gasteiger partial charge in [0.2, 0.25) is 0 Å². The summed E-state index contributed by atoms with van der Waals surface area (Å²) in [5, 5.41) is 24.7. The maximum atomic E-state index is 13.4. The number of nitrogens with zero attached hydrogens (tertiary/aromatic N) is 2. The number of benzene rings is 2. The summed E-state index contributed by atoms with van der Waals surface area (Å²) < 4.78 is 45.3. The van der Waals surface area contributed by atoms with Crippen molar-refractivity contribution in [3.05, 3.63) is 64.6 Å². The molecule has 1 fully saturated rings. The Balaban J connectivity index is 1.38. The van der Waals surface area contributed by atoms with Crippen LogP contribution in [0.3, 0.4) is 0 Å². The van der Waals surface area contributed by atoms with Crippen molar-refractivity contribution in [2.75, 3.05) is 38.6 Å². The number of nitrogens with one attached hydrogen (secondary N) is 1. The Labute approximate surface area is 229 Å². The predicted octanol–water partition coefficient (Wildman–Crippen LogP) is 5.80. The Morgan fingerprint density at radius 1 is 1.21 bits per heavy atom. The fourth-order valence-corrected chi connectivity index (χ4v) is 5.60. The molecule has 0 spiro atoms. The number of hydrogen-bond acceptors (Lipinski definition) is 6. The summed E-state index contributed by atoms with van der Waals surface area (Å²) in [5.41, 5.74) is 0.871. The van der Waals surface area contributed by atoms with Gasteiger partial charge in [-0.3, -0.25) is 9.78 Å². The van der Waals surface area contributed by atoms with Gasteiger partial charge in [0.1, 0.15) is 5.75 Å². The Bertz CT molecular complexity index is 1310. The number of piperidine rings is 1. The van der Waals surface area contributed by atoms with Crippen LogP contribution in [0.2, 0.25) is 5.02 Å². The molecule has 1 atom stereocenters. The van der Waals surface area contributed by atoms with Gasteiger partial charge in [-0.25, -0.2) is 13.2 Å². The molecule has 4 rings (SSSR count). The van der Waals surface area contributed by atoms with Gasteiger partial charge < -0.3 is 25.2 Å². The summed E-state index contributed by atoms with van der Waals surface area (Å²) in [6.45, 7) is 2.21. The number of carboxylic acids is 1. The molecule has 1 saturated heterocycles. The van der Waals surface area contributed by atoms with Crippen LogP contribution in [0.15, 0.2) is 36.5 Å². The van der Waals surface area contributed by atoms with E-state index in [1.807, 2.05) is 0 Å². The molecular weight excluding hydrogens is 535 g/mol. The lowest BCUT2D eigenvalue weighted by atomic mass is 9.71. The van der Waals surface area contributed by atoms with E-state index in [-0.39, 0.29) is 12.1 Å². The lowest BCUT2D eigenvalue weighted by Gasteiger charge is -2.41. The third-order valence-electron chi connectivity index (χ3n) is 7.53. The van der Waals surface area contributed by atoms with Gasteiger partial charge in [-0.1, -0.05) is 11.6 Å². The second kappa shape index (κ2) is 12.4. The van der Waals surface area contributed by atoms with E-state index in [9.17, 15) is 28.2 Å². The highest BCUT2D eigenvalue weighted by Crippen LogP contribution is 2.43. The lowest BCUT2D eigenvalue weighted by Crippen LogP contribution is -2.43. The number of likely N-dealkylation sites (tertiary alicyclic amines) is 1. The molecule has 3 aromatic rings. The van der Waals surface area contributed by atoms with Crippen molar-refractivity contribution in [3.8, 4) is 5.75 Å². The van der Waals surface area contributed by atoms with E-state index in [2.05, 4.69) is 15.2 Å². The summed E-state index contributed by atoms with van der Waals surface area (Å²) in [6.07, 6.45) is 2.62. The van der Waals surface area contributed by atoms with E-state index >= 15 is 0 Å². The Hall–Kier alpha value is -3.08. The average molecular weight is 566 g/mol. The first-order chi connectivity index (χ1) is 18.6. The first-order valence-corrected chi connectivity index (χ1v) is 13.1. The summed E-state index contributed by atoms with van der Waals surface area (Å²) in [7, 11) is 1.55. The number of halogens is 4. The van der Waals surface area contributed by atoms with Gasteiger partial charge in [0, 0.05) is 48.1 Å². The quantitative estimate of drug-likeness (QED) is 0.253. The molecule has 2 aromatic carbocycles. The number of hydrogen-bond donors (Lipinski definition) is 3. The monoisotopic (exact) mass is 565 g/mol. The number of aliphatic hydroxyl groups is 1. The number of anilines is 1. The number of rotatable bonds is 11. The van der Waals surface area contributed by atoms with Crippen molar-refractivity contribution in [1.29, 1.82) is 0 Å². The molecule has 0 amide bonds. The third kappa shape index (κ3) is 6.93. The second-order valence-electron chi connectivity index (χ2n) is 10.1. The van der Waals surface area contributed by atoms with Crippen molar-refractivity contribution in [2.24, 2.45) is 5.41 Å². The number of ether oxygens (including phenoxy) is 1. The third-order valence-corrected chi connectivity index (χ3v) is 7.83. The molecule has 3 N–H and O–H groups in total. The molecule has 1 aliphatic rings. The lowest BCUT2D eigenvalue weighted by molar-refractivity contribution is -0.141. The van der Waals surface area contributed by atoms with E-state index in [4.69, 9.17) is 16.3 Å². The highest BCUT2D eigenvalue weighted by molar-refractivity contribution is 6.32. The highest BCUT2D eigenvalue weighted by atomic mass is 35.5. The largest absolute Gasteiger partial charge is 0.497 e. The summed E-state index contributed by atoms with van der Waals surface area (Å²) in [4.78, 5) is 18.2. The predicted molar refractivity (Wildman–Crippen MR) is 143 cm³/mol. The topological polar surface area (TPSA) is 94.9 Å². The Morgan fingerprint density at radius 3 is 2.54 bits per heavy atom. The number of aliphatic hydroxyl groups excluding tert-OH is 1. The van der Waals surface area contributed by atoms with Crippen LogP contribution >= 0.6 is 11.6 Å². The molecular formula is C28H31ClF3N3O4. The highest BCUT2D eigenvalue weighted by Gasteiger charge is 2.37. The van der Waals surface area contributed by atoms with E-state index in [1.54, 1.807) is 25.3 Å². The number of aromatic nitrogens is 1. The smallest absolute Gasteiger partial charge is 0.303 e. The van der Waals surface area contributed by atoms with Gasteiger partial charge in [-0.05, 0) is 62.4 Å². The van der Waals surface area contributed by atoms with Crippen molar-refractivity contribution >= 4 is 34.2 Å². The van der Waals surface area contributed by atoms with Crippen LogP contribution in [-0.2, 0) is 4.79 Å². The molecule has 210 valence electrons. The van der Waals surface area contributed by atoms with Crippen LogP contribution in [0.25, 0.3) is 10.9 Å². The summed E-state index contributed by atoms with van der Waals surface area (Å²) in [5.74, 6) is -4.29. The van der Waals surface area contributed by atoms with Crippen LogP contribution < -0.4 is 10.1 Å². The minimum atomic E-state index is -1.50. The summed E-state index contributed by atoms with van der Waals surface area (Å²) in [6, 6.07) is 7.17. The zero-order chi connectivity index (χ0) is 28.2. The van der Waals surface area contributed by atoms with Gasteiger partial charge in [-0.2, -0.15) is 0 Å². The van der Waals surface area contributed by atoms with Crippen molar-refractivity contribution in [1.82, 2.24) is 9.88 Å². The molecule has 0 aliphatic carbocycles. The minimum absolute atomic E-state index is 0.0153. The van der Waals surface area contributed by atoms with E-state index in [0.29, 0.717) is 79.1 Å². The van der Waals surface area contributed by atoms with E-state index in [0.717, 1.165) is 12.1 Å². The maximum absolute atomic E-state index is 13.4. The fraction of sp³-hybridized carbons (Fsp3) is 0.429. The number of carboxylic acid groups (broad SMARTS) is 1. The molecule has 1 aliphatic heterocycles. The van der Waals surface area contributed by atoms with Crippen LogP contribution in [0, 0.1) is 22.9 Å². The molecule has 0 saturated carbocycles. The molecule has 0 radical (unpaired) electrons. The number of carbonyl (C=O) groups is 1. The average Bonchev–Trinajstić information content (AvgIpc) is 2.90. The maximum Gasteiger partial charge on any atom is 0.303 e. The molecule has 11 heteroatoms. The van der Waals surface area contributed by atoms with Gasteiger partial charge in [0.05, 0.1) is 30.2 Å². The molecule has 39 heavy (non-hydrogen) atoms. The summed E-state index contributed by atoms with van der Waals surface area (Å²) >= 11 is 6.44. The normalized spacial score (nSPS) is 16.3. The van der Waals surface area contributed by atoms with Crippen molar-refractivity contribution in [2.45, 2.75) is 38.2 Å². The fourth-order valence-electron chi connectivity index (χ4n) is 5.32. The number of methoxy groups -OCH3 is 1. The number of aliphatic carboxylic acids is 1. The number of pyridine rings is 1. The van der Waals surface area contributed by atoms with Crippen LogP contribution in [0.4, 0.5) is 18.9 Å². The van der Waals surface area contributed by atoms with Gasteiger partial charge >= 0.3 is 5.97 Å². The second-order valence-corrected chi connectivity index (χ2v) is 10.5.